The van der Waals surface area contributed by atoms with Crippen LogP contribution in [0.5, 0.6) is 0 Å². The van der Waals surface area contributed by atoms with Gasteiger partial charge in [0.1, 0.15) is 0 Å². The Morgan fingerprint density at radius 3 is 2.55 bits per heavy atom. The summed E-state index contributed by atoms with van der Waals surface area (Å²) in [7, 11) is 0. The van der Waals surface area contributed by atoms with E-state index in [4.69, 9.17) is 5.73 Å². The molecule has 1 amide bonds. The highest BCUT2D eigenvalue weighted by atomic mass is 16.2. The summed E-state index contributed by atoms with van der Waals surface area (Å²) in [5.74, 6) is 1.18. The van der Waals surface area contributed by atoms with Gasteiger partial charge in [0.25, 0.3) is 0 Å². The largest absolute Gasteiger partial charge is 0.342 e. The lowest BCUT2D eigenvalue weighted by Gasteiger charge is -2.35. The van der Waals surface area contributed by atoms with Crippen LogP contribution in [-0.4, -0.2) is 30.4 Å². The van der Waals surface area contributed by atoms with Crippen molar-refractivity contribution < 1.29 is 4.79 Å². The van der Waals surface area contributed by atoms with Gasteiger partial charge in [0, 0.05) is 19.0 Å². The van der Waals surface area contributed by atoms with E-state index < -0.39 is 0 Å². The Kier molecular flexibility index (Phi) is 4.06. The van der Waals surface area contributed by atoms with Gasteiger partial charge in [0.05, 0.1) is 0 Å². The van der Waals surface area contributed by atoms with Crippen LogP contribution in [0.4, 0.5) is 0 Å². The molecule has 20 heavy (non-hydrogen) atoms. The van der Waals surface area contributed by atoms with Crippen molar-refractivity contribution in [2.45, 2.75) is 32.1 Å². The Hall–Kier alpha value is -1.35. The number of aryl methyl sites for hydroxylation is 1. The number of amides is 1. The van der Waals surface area contributed by atoms with E-state index in [1.54, 1.807) is 0 Å². The normalized spacial score (nSPS) is 23.4. The lowest BCUT2D eigenvalue weighted by molar-refractivity contribution is -0.137. The second kappa shape index (κ2) is 5.96. The Bertz CT molecular complexity index is 478. The molecule has 1 unspecified atom stereocenters. The molecule has 1 aliphatic carbocycles. The van der Waals surface area contributed by atoms with E-state index in [0.29, 0.717) is 11.8 Å². The lowest BCUT2D eigenvalue weighted by Crippen LogP contribution is -2.44. The molecule has 1 fully saturated rings. The van der Waals surface area contributed by atoms with Crippen molar-refractivity contribution in [3.63, 3.8) is 0 Å². The van der Waals surface area contributed by atoms with Gasteiger partial charge in [-0.15, -0.1) is 0 Å². The maximum Gasteiger partial charge on any atom is 0.226 e. The summed E-state index contributed by atoms with van der Waals surface area (Å²) in [4.78, 5) is 14.7. The predicted octanol–water partition coefficient (Wildman–Crippen LogP) is 1.99. The van der Waals surface area contributed by atoms with Crippen molar-refractivity contribution in [1.82, 2.24) is 4.90 Å². The lowest BCUT2D eigenvalue weighted by atomic mass is 9.82. The highest BCUT2D eigenvalue weighted by molar-refractivity contribution is 5.79. The zero-order valence-electron chi connectivity index (χ0n) is 12.1. The summed E-state index contributed by atoms with van der Waals surface area (Å²) in [6, 6.07) is 8.55. The summed E-state index contributed by atoms with van der Waals surface area (Å²) in [5.41, 5.74) is 8.52. The molecule has 1 saturated heterocycles. The van der Waals surface area contributed by atoms with Crippen molar-refractivity contribution >= 4 is 5.91 Å². The quantitative estimate of drug-likeness (QED) is 0.895. The number of benzene rings is 1. The number of nitrogens with two attached hydrogens (primary N) is 1. The molecule has 1 aromatic carbocycles. The molecule has 1 aliphatic heterocycles. The Morgan fingerprint density at radius 1 is 1.15 bits per heavy atom. The standard InChI is InChI=1S/C17H24N2O/c18-12-13-7-9-19(10-8-13)17(20)16-6-5-14-3-1-2-4-15(14)11-16/h1-4,13,16H,5-12,18H2. The molecule has 3 nitrogen and oxygen atoms in total. The molecule has 0 saturated carbocycles. The summed E-state index contributed by atoms with van der Waals surface area (Å²) in [6.45, 7) is 2.57. The molecule has 108 valence electrons. The third-order valence-electron chi connectivity index (χ3n) is 4.96. The Labute approximate surface area is 121 Å². The number of rotatable bonds is 2. The van der Waals surface area contributed by atoms with E-state index in [2.05, 4.69) is 29.2 Å². The smallest absolute Gasteiger partial charge is 0.226 e. The average molecular weight is 272 g/mol. The fourth-order valence-corrected chi connectivity index (χ4v) is 3.56. The third-order valence-corrected chi connectivity index (χ3v) is 4.96. The van der Waals surface area contributed by atoms with Crippen molar-refractivity contribution in [1.29, 1.82) is 0 Å². The molecule has 1 aromatic rings. The molecule has 0 bridgehead atoms. The van der Waals surface area contributed by atoms with Gasteiger partial charge >= 0.3 is 0 Å². The zero-order valence-corrected chi connectivity index (χ0v) is 12.1. The SMILES string of the molecule is NCC1CCN(C(=O)C2CCc3ccccc3C2)CC1. The van der Waals surface area contributed by atoms with E-state index >= 15 is 0 Å². The van der Waals surface area contributed by atoms with Gasteiger partial charge in [-0.25, -0.2) is 0 Å². The van der Waals surface area contributed by atoms with E-state index in [1.165, 1.54) is 11.1 Å². The predicted molar refractivity (Wildman–Crippen MR) is 80.3 cm³/mol. The number of likely N-dealkylation sites (tertiary alicyclic amines) is 1. The van der Waals surface area contributed by atoms with Gasteiger partial charge < -0.3 is 10.6 Å². The van der Waals surface area contributed by atoms with Crippen molar-refractivity contribution in [3.05, 3.63) is 35.4 Å². The van der Waals surface area contributed by atoms with Crippen LogP contribution < -0.4 is 5.73 Å². The minimum Gasteiger partial charge on any atom is -0.342 e. The molecule has 0 spiro atoms. The third kappa shape index (κ3) is 2.73. The van der Waals surface area contributed by atoms with Crippen LogP contribution in [0.1, 0.15) is 30.4 Å². The molecule has 1 heterocycles. The molecule has 0 aromatic heterocycles. The minimum atomic E-state index is 0.194. The van der Waals surface area contributed by atoms with Gasteiger partial charge in [0.15, 0.2) is 0 Å². The first kappa shape index (κ1) is 13.6. The molecular weight excluding hydrogens is 248 g/mol. The number of carbonyl (C=O) groups is 1. The molecular formula is C17H24N2O. The summed E-state index contributed by atoms with van der Waals surface area (Å²) in [5, 5.41) is 0. The summed E-state index contributed by atoms with van der Waals surface area (Å²) < 4.78 is 0. The molecule has 0 radical (unpaired) electrons. The number of nitrogens with zero attached hydrogens (tertiary/aromatic N) is 1. The first-order valence-corrected chi connectivity index (χ1v) is 7.83. The van der Waals surface area contributed by atoms with Crippen LogP contribution in [0.15, 0.2) is 24.3 Å². The maximum absolute atomic E-state index is 12.7. The average Bonchev–Trinajstić information content (AvgIpc) is 2.54. The van der Waals surface area contributed by atoms with Gasteiger partial charge in [-0.2, -0.15) is 0 Å². The zero-order chi connectivity index (χ0) is 13.9. The fraction of sp³-hybridized carbons (Fsp3) is 0.588. The van der Waals surface area contributed by atoms with Crippen molar-refractivity contribution in [2.24, 2.45) is 17.6 Å². The number of fused-ring (bicyclic) bond motifs is 1. The van der Waals surface area contributed by atoms with E-state index in [0.717, 1.165) is 51.7 Å². The van der Waals surface area contributed by atoms with Crippen LogP contribution in [-0.2, 0) is 17.6 Å². The molecule has 1 atom stereocenters. The number of piperidine rings is 1. The second-order valence-corrected chi connectivity index (χ2v) is 6.21. The number of hydrogen-bond acceptors (Lipinski definition) is 2. The molecule has 2 aliphatic rings. The van der Waals surface area contributed by atoms with Crippen LogP contribution in [0, 0.1) is 11.8 Å². The Balaban J connectivity index is 1.62. The highest BCUT2D eigenvalue weighted by Gasteiger charge is 2.30. The van der Waals surface area contributed by atoms with Crippen LogP contribution >= 0.6 is 0 Å². The van der Waals surface area contributed by atoms with Gasteiger partial charge in [-0.05, 0) is 55.7 Å². The number of hydrogen-bond donors (Lipinski definition) is 1. The molecule has 3 rings (SSSR count). The Morgan fingerprint density at radius 2 is 1.85 bits per heavy atom. The first-order valence-electron chi connectivity index (χ1n) is 7.83. The fourth-order valence-electron chi connectivity index (χ4n) is 3.56. The van der Waals surface area contributed by atoms with Crippen LogP contribution in [0.2, 0.25) is 0 Å². The van der Waals surface area contributed by atoms with E-state index in [-0.39, 0.29) is 5.92 Å². The van der Waals surface area contributed by atoms with Crippen molar-refractivity contribution in [2.75, 3.05) is 19.6 Å². The van der Waals surface area contributed by atoms with Crippen LogP contribution in [0.3, 0.4) is 0 Å². The first-order chi connectivity index (χ1) is 9.78. The summed E-state index contributed by atoms with van der Waals surface area (Å²) in [6.07, 6.45) is 5.13. The van der Waals surface area contributed by atoms with E-state index in [9.17, 15) is 4.79 Å². The van der Waals surface area contributed by atoms with Crippen molar-refractivity contribution in [3.8, 4) is 0 Å². The summed E-state index contributed by atoms with van der Waals surface area (Å²) >= 11 is 0. The number of carbonyl (C=O) groups excluding carboxylic acids is 1. The molecule has 3 heteroatoms. The topological polar surface area (TPSA) is 46.3 Å². The van der Waals surface area contributed by atoms with Gasteiger partial charge in [0.2, 0.25) is 5.91 Å². The molecule has 2 N–H and O–H groups in total. The maximum atomic E-state index is 12.7. The highest BCUT2D eigenvalue weighted by Crippen LogP contribution is 2.28. The minimum absolute atomic E-state index is 0.194. The van der Waals surface area contributed by atoms with Gasteiger partial charge in [-0.1, -0.05) is 24.3 Å². The van der Waals surface area contributed by atoms with Gasteiger partial charge in [-0.3, -0.25) is 4.79 Å². The second-order valence-electron chi connectivity index (χ2n) is 6.21. The monoisotopic (exact) mass is 272 g/mol. The van der Waals surface area contributed by atoms with E-state index in [1.807, 2.05) is 0 Å². The van der Waals surface area contributed by atoms with Crippen LogP contribution in [0.25, 0.3) is 0 Å².